The smallest absolute Gasteiger partial charge is 0.192 e. The van der Waals surface area contributed by atoms with Gasteiger partial charge < -0.3 is 9.15 Å². The van der Waals surface area contributed by atoms with Crippen molar-refractivity contribution < 1.29 is 9.15 Å². The predicted molar refractivity (Wildman–Crippen MR) is 65.1 cm³/mol. The zero-order chi connectivity index (χ0) is 11.3. The van der Waals surface area contributed by atoms with Gasteiger partial charge in [-0.05, 0) is 28.1 Å². The summed E-state index contributed by atoms with van der Waals surface area (Å²) in [7, 11) is 1.59. The van der Waals surface area contributed by atoms with Crippen LogP contribution in [0.1, 0.15) is 0 Å². The molecule has 0 aliphatic rings. The van der Waals surface area contributed by atoms with Gasteiger partial charge in [-0.15, -0.1) is 0 Å². The van der Waals surface area contributed by atoms with Gasteiger partial charge in [0, 0.05) is 4.47 Å². The van der Waals surface area contributed by atoms with Gasteiger partial charge in [0.1, 0.15) is 5.52 Å². The Balaban J connectivity index is 2.57. The minimum Gasteiger partial charge on any atom is -0.493 e. The number of ether oxygens (including phenoxy) is 1. The van der Waals surface area contributed by atoms with Gasteiger partial charge in [-0.1, -0.05) is 11.6 Å². The Morgan fingerprint density at radius 2 is 2.25 bits per heavy atom. The second kappa shape index (κ2) is 3.40. The molecule has 0 aliphatic carbocycles. The molecule has 1 N–H and O–H groups in total. The van der Waals surface area contributed by atoms with Crippen LogP contribution in [0.25, 0.3) is 22.1 Å². The maximum atomic E-state index is 5.92. The summed E-state index contributed by atoms with van der Waals surface area (Å²) < 4.78 is 11.8. The van der Waals surface area contributed by atoms with Gasteiger partial charge in [-0.3, -0.25) is 5.10 Å². The molecule has 0 fully saturated rings. The number of hydrogen-bond acceptors (Lipinski definition) is 3. The minimum atomic E-state index is 0.389. The topological polar surface area (TPSA) is 51.0 Å². The largest absolute Gasteiger partial charge is 0.493 e. The molecule has 0 amide bonds. The number of rotatable bonds is 1. The van der Waals surface area contributed by atoms with E-state index in [9.17, 15) is 0 Å². The van der Waals surface area contributed by atoms with Crippen molar-refractivity contribution >= 4 is 49.6 Å². The third-order valence-corrected chi connectivity index (χ3v) is 3.33. The van der Waals surface area contributed by atoms with E-state index >= 15 is 0 Å². The van der Waals surface area contributed by atoms with E-state index in [-0.39, 0.29) is 0 Å². The van der Waals surface area contributed by atoms with Crippen LogP contribution >= 0.6 is 27.5 Å². The van der Waals surface area contributed by atoms with Crippen LogP contribution in [-0.2, 0) is 0 Å². The molecule has 2 heterocycles. The van der Waals surface area contributed by atoms with E-state index in [1.54, 1.807) is 7.11 Å². The first-order valence-electron chi connectivity index (χ1n) is 4.51. The molecule has 0 unspecified atom stereocenters. The molecule has 16 heavy (non-hydrogen) atoms. The second-order valence-corrected chi connectivity index (χ2v) is 4.50. The summed E-state index contributed by atoms with van der Waals surface area (Å²) in [5.74, 6) is 0.660. The van der Waals surface area contributed by atoms with Gasteiger partial charge in [-0.25, -0.2) is 0 Å². The predicted octanol–water partition coefficient (Wildman–Crippen LogP) is 3.73. The highest BCUT2D eigenvalue weighted by Crippen LogP contribution is 2.40. The molecular formula is C10H6BrClN2O2. The second-order valence-electron chi connectivity index (χ2n) is 3.27. The molecule has 0 radical (unpaired) electrons. The number of hydrogen-bond donors (Lipinski definition) is 1. The number of halogens is 2. The number of nitrogens with zero attached hydrogens (tertiary/aromatic N) is 1. The van der Waals surface area contributed by atoms with Crippen LogP contribution in [0, 0.1) is 0 Å². The Bertz CT molecular complexity index is 689. The Morgan fingerprint density at radius 1 is 1.44 bits per heavy atom. The first-order valence-corrected chi connectivity index (χ1v) is 5.68. The third-order valence-electron chi connectivity index (χ3n) is 2.41. The highest BCUT2D eigenvalue weighted by molar-refractivity contribution is 9.10. The summed E-state index contributed by atoms with van der Waals surface area (Å²) in [5.41, 5.74) is 1.89. The first-order chi connectivity index (χ1) is 7.72. The van der Waals surface area contributed by atoms with E-state index in [1.807, 2.05) is 12.1 Å². The quantitative estimate of drug-likeness (QED) is 0.745. The van der Waals surface area contributed by atoms with Crippen molar-refractivity contribution in [3.8, 4) is 5.75 Å². The summed E-state index contributed by atoms with van der Waals surface area (Å²) in [4.78, 5) is 0. The average Bonchev–Trinajstić information content (AvgIpc) is 2.81. The molecule has 1 aromatic carbocycles. The Hall–Kier alpha value is -1.20. The molecule has 0 saturated heterocycles. The van der Waals surface area contributed by atoms with Crippen LogP contribution in [0.2, 0.25) is 5.15 Å². The van der Waals surface area contributed by atoms with Crippen molar-refractivity contribution in [1.29, 1.82) is 0 Å². The van der Waals surface area contributed by atoms with E-state index in [1.165, 1.54) is 0 Å². The first kappa shape index (κ1) is 9.99. The maximum absolute atomic E-state index is 5.92. The van der Waals surface area contributed by atoms with Crippen molar-refractivity contribution in [2.24, 2.45) is 0 Å². The standard InChI is InChI=1S/C10H6BrClN2O2/c1-15-5-3-2-4(11)6-7-9(16-8(5)6)10(12)14-13-7/h2-3H,1H3,(H,13,14). The van der Waals surface area contributed by atoms with Crippen LogP contribution in [0.3, 0.4) is 0 Å². The molecule has 3 rings (SSSR count). The number of benzene rings is 1. The number of fused-ring (bicyclic) bond motifs is 3. The summed E-state index contributed by atoms with van der Waals surface area (Å²) in [6, 6.07) is 3.71. The molecular weight excluding hydrogens is 295 g/mol. The lowest BCUT2D eigenvalue weighted by atomic mass is 10.2. The third kappa shape index (κ3) is 1.18. The minimum absolute atomic E-state index is 0.389. The molecule has 2 aromatic heterocycles. The SMILES string of the molecule is COc1ccc(Br)c2c1oc1c(Cl)[nH]nc12. The molecule has 0 saturated carbocycles. The van der Waals surface area contributed by atoms with Crippen LogP contribution < -0.4 is 4.74 Å². The highest BCUT2D eigenvalue weighted by Gasteiger charge is 2.18. The van der Waals surface area contributed by atoms with Crippen LogP contribution in [0.15, 0.2) is 21.0 Å². The van der Waals surface area contributed by atoms with Crippen molar-refractivity contribution in [2.75, 3.05) is 7.11 Å². The summed E-state index contributed by atoms with van der Waals surface area (Å²) in [6.07, 6.45) is 0. The summed E-state index contributed by atoms with van der Waals surface area (Å²) >= 11 is 9.38. The van der Waals surface area contributed by atoms with E-state index in [0.29, 0.717) is 27.6 Å². The monoisotopic (exact) mass is 300 g/mol. The van der Waals surface area contributed by atoms with Crippen molar-refractivity contribution in [3.63, 3.8) is 0 Å². The number of aromatic amines is 1. The van der Waals surface area contributed by atoms with Gasteiger partial charge in [-0.2, -0.15) is 5.10 Å². The lowest BCUT2D eigenvalue weighted by Crippen LogP contribution is -1.83. The molecule has 0 aliphatic heterocycles. The fourth-order valence-corrected chi connectivity index (χ4v) is 2.37. The van der Waals surface area contributed by atoms with E-state index in [2.05, 4.69) is 26.1 Å². The van der Waals surface area contributed by atoms with Gasteiger partial charge >= 0.3 is 0 Å². The van der Waals surface area contributed by atoms with Crippen LogP contribution in [0.5, 0.6) is 5.75 Å². The number of methoxy groups -OCH3 is 1. The molecule has 0 spiro atoms. The highest BCUT2D eigenvalue weighted by atomic mass is 79.9. The van der Waals surface area contributed by atoms with E-state index in [4.69, 9.17) is 20.8 Å². The molecule has 0 atom stereocenters. The number of aromatic nitrogens is 2. The fraction of sp³-hybridized carbons (Fsp3) is 0.100. The van der Waals surface area contributed by atoms with Crippen LogP contribution in [-0.4, -0.2) is 17.3 Å². The van der Waals surface area contributed by atoms with E-state index < -0.39 is 0 Å². The molecule has 6 heteroatoms. The molecule has 4 nitrogen and oxygen atoms in total. The zero-order valence-corrected chi connectivity index (χ0v) is 10.5. The van der Waals surface area contributed by atoms with Gasteiger partial charge in [0.2, 0.25) is 0 Å². The number of nitrogens with one attached hydrogen (secondary N) is 1. The van der Waals surface area contributed by atoms with Crippen molar-refractivity contribution in [3.05, 3.63) is 21.8 Å². The Morgan fingerprint density at radius 3 is 3.00 bits per heavy atom. The van der Waals surface area contributed by atoms with Crippen molar-refractivity contribution in [2.45, 2.75) is 0 Å². The summed E-state index contributed by atoms with van der Waals surface area (Å²) in [5, 5.41) is 8.03. The zero-order valence-electron chi connectivity index (χ0n) is 8.17. The normalized spacial score (nSPS) is 11.4. The lowest BCUT2D eigenvalue weighted by Gasteiger charge is -2.00. The van der Waals surface area contributed by atoms with Gasteiger partial charge in [0.15, 0.2) is 22.1 Å². The Labute approximate surface area is 104 Å². The molecule has 0 bridgehead atoms. The van der Waals surface area contributed by atoms with Crippen LogP contribution in [0.4, 0.5) is 0 Å². The Kier molecular flexibility index (Phi) is 2.12. The van der Waals surface area contributed by atoms with Gasteiger partial charge in [0.25, 0.3) is 0 Å². The maximum Gasteiger partial charge on any atom is 0.192 e. The fourth-order valence-electron chi connectivity index (χ4n) is 1.70. The molecule has 82 valence electrons. The number of H-pyrrole nitrogens is 1. The number of furan rings is 1. The van der Waals surface area contributed by atoms with Crippen molar-refractivity contribution in [1.82, 2.24) is 10.2 Å². The average molecular weight is 302 g/mol. The molecule has 3 aromatic rings. The van der Waals surface area contributed by atoms with E-state index in [0.717, 1.165) is 9.86 Å². The lowest BCUT2D eigenvalue weighted by molar-refractivity contribution is 0.412. The summed E-state index contributed by atoms with van der Waals surface area (Å²) in [6.45, 7) is 0. The van der Waals surface area contributed by atoms with Gasteiger partial charge in [0.05, 0.1) is 12.5 Å².